The first-order valence-electron chi connectivity index (χ1n) is 5.04. The number of nitrogens with zero attached hydrogens (tertiary/aromatic N) is 1. The molecule has 2 aromatic rings. The molecule has 0 aliphatic heterocycles. The zero-order valence-electron chi connectivity index (χ0n) is 8.95. The summed E-state index contributed by atoms with van der Waals surface area (Å²) in [5.74, 6) is -0.518. The lowest BCUT2D eigenvalue weighted by atomic mass is 10.2. The van der Waals surface area contributed by atoms with Crippen LogP contribution in [0.5, 0.6) is 0 Å². The van der Waals surface area contributed by atoms with E-state index in [4.69, 9.17) is 17.3 Å². The molecular weight excluding hydrogens is 241 g/mol. The number of nitrogens with two attached hydrogens (primary N) is 1. The van der Waals surface area contributed by atoms with E-state index in [1.54, 1.807) is 12.4 Å². The van der Waals surface area contributed by atoms with E-state index in [1.165, 1.54) is 12.1 Å². The molecule has 0 saturated carbocycles. The van der Waals surface area contributed by atoms with E-state index in [0.29, 0.717) is 17.9 Å². The topological polar surface area (TPSA) is 50.9 Å². The molecule has 3 nitrogen and oxygen atoms in total. The fourth-order valence-electron chi connectivity index (χ4n) is 1.42. The van der Waals surface area contributed by atoms with Crippen LogP contribution in [0.2, 0.25) is 5.02 Å². The van der Waals surface area contributed by atoms with Crippen molar-refractivity contribution in [3.63, 3.8) is 0 Å². The maximum atomic E-state index is 13.1. The van der Waals surface area contributed by atoms with Gasteiger partial charge in [0.1, 0.15) is 5.82 Å². The Labute approximate surface area is 103 Å². The Balaban J connectivity index is 2.12. The van der Waals surface area contributed by atoms with Crippen LogP contribution in [-0.2, 0) is 6.54 Å². The van der Waals surface area contributed by atoms with Crippen molar-refractivity contribution in [3.8, 4) is 0 Å². The molecule has 3 N–H and O–H groups in total. The maximum absolute atomic E-state index is 13.1. The molecule has 2 rings (SSSR count). The Kier molecular flexibility index (Phi) is 3.44. The Morgan fingerprint density at radius 1 is 1.41 bits per heavy atom. The van der Waals surface area contributed by atoms with Crippen LogP contribution in [0.25, 0.3) is 0 Å². The minimum Gasteiger partial charge on any atom is -0.397 e. The number of halogens is 2. The maximum Gasteiger partial charge on any atom is 0.143 e. The van der Waals surface area contributed by atoms with E-state index in [1.807, 2.05) is 12.1 Å². The molecule has 0 amide bonds. The van der Waals surface area contributed by atoms with Gasteiger partial charge >= 0.3 is 0 Å². The normalized spacial score (nSPS) is 10.2. The summed E-state index contributed by atoms with van der Waals surface area (Å²) in [6.45, 7) is 0.556. The number of pyridine rings is 1. The van der Waals surface area contributed by atoms with Gasteiger partial charge in [0.2, 0.25) is 0 Å². The quantitative estimate of drug-likeness (QED) is 0.825. The lowest BCUT2D eigenvalue weighted by molar-refractivity contribution is 0.629. The van der Waals surface area contributed by atoms with Gasteiger partial charge in [0.05, 0.1) is 16.4 Å². The van der Waals surface area contributed by atoms with Crippen molar-refractivity contribution in [2.75, 3.05) is 11.1 Å². The molecule has 0 saturated heterocycles. The van der Waals surface area contributed by atoms with Gasteiger partial charge in [-0.3, -0.25) is 4.98 Å². The fourth-order valence-corrected chi connectivity index (χ4v) is 1.58. The zero-order chi connectivity index (χ0) is 12.3. The molecule has 1 aromatic heterocycles. The first-order valence-corrected chi connectivity index (χ1v) is 5.42. The van der Waals surface area contributed by atoms with E-state index < -0.39 is 5.82 Å². The van der Waals surface area contributed by atoms with E-state index in [9.17, 15) is 4.39 Å². The molecule has 17 heavy (non-hydrogen) atoms. The van der Waals surface area contributed by atoms with Crippen molar-refractivity contribution in [1.29, 1.82) is 0 Å². The van der Waals surface area contributed by atoms with Gasteiger partial charge in [-0.15, -0.1) is 0 Å². The smallest absolute Gasteiger partial charge is 0.143 e. The van der Waals surface area contributed by atoms with Gasteiger partial charge in [0.15, 0.2) is 0 Å². The Hall–Kier alpha value is -1.81. The number of nitrogens with one attached hydrogen (secondary N) is 1. The third-order valence-corrected chi connectivity index (χ3v) is 2.59. The molecule has 1 aromatic carbocycles. The molecule has 0 fully saturated rings. The van der Waals surface area contributed by atoms with Gasteiger partial charge in [0.25, 0.3) is 0 Å². The van der Waals surface area contributed by atoms with Crippen LogP contribution in [-0.4, -0.2) is 4.98 Å². The molecule has 88 valence electrons. The van der Waals surface area contributed by atoms with Crippen LogP contribution in [0.15, 0.2) is 36.7 Å². The molecule has 0 aliphatic rings. The van der Waals surface area contributed by atoms with Gasteiger partial charge in [-0.25, -0.2) is 4.39 Å². The number of anilines is 2. The number of rotatable bonds is 3. The summed E-state index contributed by atoms with van der Waals surface area (Å²) < 4.78 is 13.1. The van der Waals surface area contributed by atoms with Crippen molar-refractivity contribution < 1.29 is 4.39 Å². The minimum atomic E-state index is -0.518. The summed E-state index contributed by atoms with van der Waals surface area (Å²) in [6, 6.07) is 6.45. The highest BCUT2D eigenvalue weighted by Gasteiger charge is 2.05. The predicted octanol–water partition coefficient (Wildman–Crippen LogP) is 3.07. The second kappa shape index (κ2) is 5.01. The fraction of sp³-hybridized carbons (Fsp3) is 0.0833. The highest BCUT2D eigenvalue weighted by molar-refractivity contribution is 6.31. The lowest BCUT2D eigenvalue weighted by Crippen LogP contribution is -2.03. The number of nitrogen functional groups attached to an aromatic ring is 1. The molecule has 0 aliphatic carbocycles. The molecular formula is C12H11ClFN3. The van der Waals surface area contributed by atoms with E-state index in [-0.39, 0.29) is 5.02 Å². The number of hydrogen-bond donors (Lipinski definition) is 2. The minimum absolute atomic E-state index is 0.0490. The Morgan fingerprint density at radius 3 is 2.94 bits per heavy atom. The van der Waals surface area contributed by atoms with Crippen LogP contribution in [0, 0.1) is 5.82 Å². The van der Waals surface area contributed by atoms with Crippen LogP contribution in [0.3, 0.4) is 0 Å². The lowest BCUT2D eigenvalue weighted by Gasteiger charge is -2.10. The number of aromatic nitrogens is 1. The van der Waals surface area contributed by atoms with Crippen LogP contribution >= 0.6 is 11.6 Å². The summed E-state index contributed by atoms with van der Waals surface area (Å²) >= 11 is 5.68. The average Bonchev–Trinajstić information content (AvgIpc) is 2.33. The SMILES string of the molecule is Nc1cc(F)c(Cl)cc1NCc1cccnc1. The van der Waals surface area contributed by atoms with Gasteiger partial charge in [0, 0.05) is 25.0 Å². The highest BCUT2D eigenvalue weighted by Crippen LogP contribution is 2.26. The summed E-state index contributed by atoms with van der Waals surface area (Å²) in [7, 11) is 0. The second-order valence-electron chi connectivity index (χ2n) is 3.57. The van der Waals surface area contributed by atoms with E-state index in [0.717, 1.165) is 5.56 Å². The van der Waals surface area contributed by atoms with Crippen molar-refractivity contribution in [3.05, 3.63) is 53.1 Å². The van der Waals surface area contributed by atoms with E-state index in [2.05, 4.69) is 10.3 Å². The summed E-state index contributed by atoms with van der Waals surface area (Å²) in [4.78, 5) is 3.99. The molecule has 0 unspecified atom stereocenters. The molecule has 0 radical (unpaired) electrons. The van der Waals surface area contributed by atoms with Gasteiger partial charge in [-0.1, -0.05) is 17.7 Å². The molecule has 1 heterocycles. The average molecular weight is 252 g/mol. The first-order chi connectivity index (χ1) is 8.16. The van der Waals surface area contributed by atoms with Crippen molar-refractivity contribution >= 4 is 23.0 Å². The van der Waals surface area contributed by atoms with Crippen LogP contribution in [0.4, 0.5) is 15.8 Å². The third kappa shape index (κ3) is 2.85. The predicted molar refractivity (Wildman–Crippen MR) is 67.4 cm³/mol. The number of hydrogen-bond acceptors (Lipinski definition) is 3. The molecule has 0 bridgehead atoms. The molecule has 5 heteroatoms. The summed E-state index contributed by atoms with van der Waals surface area (Å²) in [5.41, 5.74) is 7.63. The monoisotopic (exact) mass is 251 g/mol. The molecule has 0 atom stereocenters. The largest absolute Gasteiger partial charge is 0.397 e. The first kappa shape index (κ1) is 11.7. The Morgan fingerprint density at radius 2 is 2.24 bits per heavy atom. The van der Waals surface area contributed by atoms with Gasteiger partial charge in [-0.05, 0) is 17.7 Å². The van der Waals surface area contributed by atoms with Crippen molar-refractivity contribution in [2.24, 2.45) is 0 Å². The summed E-state index contributed by atoms with van der Waals surface area (Å²) in [6.07, 6.45) is 3.45. The zero-order valence-corrected chi connectivity index (χ0v) is 9.71. The second-order valence-corrected chi connectivity index (χ2v) is 3.98. The van der Waals surface area contributed by atoms with Gasteiger partial charge in [-0.2, -0.15) is 0 Å². The van der Waals surface area contributed by atoms with E-state index >= 15 is 0 Å². The van der Waals surface area contributed by atoms with Crippen molar-refractivity contribution in [2.45, 2.75) is 6.54 Å². The number of benzene rings is 1. The standard InChI is InChI=1S/C12H11ClFN3/c13-9-4-12(11(15)5-10(9)14)17-7-8-2-1-3-16-6-8/h1-6,17H,7,15H2. The van der Waals surface area contributed by atoms with Crippen LogP contribution in [0.1, 0.15) is 5.56 Å². The Bertz CT molecular complexity index is 517. The van der Waals surface area contributed by atoms with Crippen LogP contribution < -0.4 is 11.1 Å². The van der Waals surface area contributed by atoms with Crippen molar-refractivity contribution in [1.82, 2.24) is 4.98 Å². The highest BCUT2D eigenvalue weighted by atomic mass is 35.5. The van der Waals surface area contributed by atoms with Gasteiger partial charge < -0.3 is 11.1 Å². The third-order valence-electron chi connectivity index (χ3n) is 2.30. The summed E-state index contributed by atoms with van der Waals surface area (Å²) in [5, 5.41) is 3.13. The molecule has 0 spiro atoms.